The minimum absolute atomic E-state index is 0.0309. The summed E-state index contributed by atoms with van der Waals surface area (Å²) in [5.41, 5.74) is -0.570. The molecule has 100 valence electrons. The second kappa shape index (κ2) is 4.86. The zero-order valence-corrected chi connectivity index (χ0v) is 11.3. The molecule has 0 aromatic carbocycles. The van der Waals surface area contributed by atoms with E-state index in [2.05, 4.69) is 5.32 Å². The lowest BCUT2D eigenvalue weighted by Gasteiger charge is -2.40. The minimum atomic E-state index is -2.98. The molecule has 2 rings (SSSR count). The van der Waals surface area contributed by atoms with Crippen molar-refractivity contribution in [1.29, 1.82) is 0 Å². The van der Waals surface area contributed by atoms with E-state index in [-0.39, 0.29) is 11.3 Å². The molecule has 17 heavy (non-hydrogen) atoms. The van der Waals surface area contributed by atoms with E-state index < -0.39 is 15.4 Å². The molecule has 2 aliphatic carbocycles. The van der Waals surface area contributed by atoms with E-state index in [1.807, 2.05) is 0 Å². The average Bonchev–Trinajstić information content (AvgIpc) is 2.23. The van der Waals surface area contributed by atoms with Crippen molar-refractivity contribution in [3.05, 3.63) is 0 Å². The normalized spacial score (nSPS) is 33.1. The highest BCUT2D eigenvalue weighted by Gasteiger charge is 2.37. The minimum Gasteiger partial charge on any atom is -0.389 e. The third-order valence-electron chi connectivity index (χ3n) is 4.23. The monoisotopic (exact) mass is 261 g/mol. The Morgan fingerprint density at radius 1 is 1.24 bits per heavy atom. The van der Waals surface area contributed by atoms with Gasteiger partial charge in [0.1, 0.15) is 0 Å². The van der Waals surface area contributed by atoms with Crippen LogP contribution in [0.5, 0.6) is 0 Å². The zero-order chi connectivity index (χ0) is 12.5. The lowest BCUT2D eigenvalue weighted by Crippen LogP contribution is -2.53. The van der Waals surface area contributed by atoms with Crippen LogP contribution < -0.4 is 5.32 Å². The molecule has 0 spiro atoms. The maximum atomic E-state index is 11.7. The smallest absolute Gasteiger partial charge is 0.151 e. The van der Waals surface area contributed by atoms with Crippen LogP contribution in [0.15, 0.2) is 0 Å². The first-order valence-electron chi connectivity index (χ1n) is 6.55. The first-order valence-corrected chi connectivity index (χ1v) is 8.51. The Bertz CT molecular complexity index is 362. The summed E-state index contributed by atoms with van der Waals surface area (Å²) < 4.78 is 23.4. The maximum Gasteiger partial charge on any atom is 0.151 e. The second-order valence-electron chi connectivity index (χ2n) is 5.72. The SMILES string of the molecule is CS(=O)(=O)C1CCCCC1NCC1(O)CCC1. The molecule has 2 atom stereocenters. The van der Waals surface area contributed by atoms with E-state index >= 15 is 0 Å². The van der Waals surface area contributed by atoms with Crippen LogP contribution >= 0.6 is 0 Å². The van der Waals surface area contributed by atoms with Crippen molar-refractivity contribution in [3.8, 4) is 0 Å². The third-order valence-corrected chi connectivity index (χ3v) is 5.89. The van der Waals surface area contributed by atoms with Crippen LogP contribution in [0.25, 0.3) is 0 Å². The van der Waals surface area contributed by atoms with Gasteiger partial charge in [-0.2, -0.15) is 0 Å². The van der Waals surface area contributed by atoms with E-state index in [1.165, 1.54) is 6.26 Å². The molecule has 2 aliphatic rings. The number of rotatable bonds is 4. The van der Waals surface area contributed by atoms with Gasteiger partial charge in [0.25, 0.3) is 0 Å². The standard InChI is InChI=1S/C12H23NO3S/c1-17(15,16)11-6-3-2-5-10(11)13-9-12(14)7-4-8-12/h10-11,13-14H,2-9H2,1H3. The van der Waals surface area contributed by atoms with Gasteiger partial charge in [-0.05, 0) is 32.1 Å². The largest absolute Gasteiger partial charge is 0.389 e. The fourth-order valence-corrected chi connectivity index (χ4v) is 4.35. The molecule has 0 aromatic rings. The molecular weight excluding hydrogens is 238 g/mol. The van der Waals surface area contributed by atoms with Gasteiger partial charge in [0.05, 0.1) is 10.9 Å². The van der Waals surface area contributed by atoms with Crippen molar-refractivity contribution in [1.82, 2.24) is 5.32 Å². The molecule has 0 radical (unpaired) electrons. The Balaban J connectivity index is 1.92. The molecule has 0 heterocycles. The molecule has 2 unspecified atom stereocenters. The van der Waals surface area contributed by atoms with Gasteiger partial charge in [-0.3, -0.25) is 0 Å². The van der Waals surface area contributed by atoms with E-state index in [0.717, 1.165) is 44.9 Å². The van der Waals surface area contributed by atoms with Crippen LogP contribution in [-0.4, -0.2) is 43.2 Å². The topological polar surface area (TPSA) is 66.4 Å². The van der Waals surface area contributed by atoms with Crippen molar-refractivity contribution in [3.63, 3.8) is 0 Å². The van der Waals surface area contributed by atoms with Crippen LogP contribution in [0, 0.1) is 0 Å². The molecule has 2 N–H and O–H groups in total. The predicted octanol–water partition coefficient (Wildman–Crippen LogP) is 0.847. The third kappa shape index (κ3) is 3.20. The van der Waals surface area contributed by atoms with Crippen LogP contribution in [0.4, 0.5) is 0 Å². The fraction of sp³-hybridized carbons (Fsp3) is 1.00. The Labute approximate surface area is 104 Å². The predicted molar refractivity (Wildman–Crippen MR) is 67.7 cm³/mol. The average molecular weight is 261 g/mol. The Morgan fingerprint density at radius 2 is 1.88 bits per heavy atom. The summed E-state index contributed by atoms with van der Waals surface area (Å²) in [6.45, 7) is 0.545. The van der Waals surface area contributed by atoms with Crippen molar-refractivity contribution in [2.24, 2.45) is 0 Å². The van der Waals surface area contributed by atoms with Gasteiger partial charge in [0, 0.05) is 18.8 Å². The number of hydrogen-bond acceptors (Lipinski definition) is 4. The van der Waals surface area contributed by atoms with Crippen LogP contribution in [-0.2, 0) is 9.84 Å². The second-order valence-corrected chi connectivity index (χ2v) is 7.98. The van der Waals surface area contributed by atoms with Gasteiger partial charge in [0.2, 0.25) is 0 Å². The summed E-state index contributed by atoms with van der Waals surface area (Å²) in [5, 5.41) is 13.0. The summed E-state index contributed by atoms with van der Waals surface area (Å²) in [4.78, 5) is 0. The fourth-order valence-electron chi connectivity index (χ4n) is 2.93. The Morgan fingerprint density at radius 3 is 2.41 bits per heavy atom. The summed E-state index contributed by atoms with van der Waals surface area (Å²) in [6, 6.07) is 0.0309. The van der Waals surface area contributed by atoms with E-state index in [1.54, 1.807) is 0 Å². The van der Waals surface area contributed by atoms with Crippen molar-refractivity contribution in [2.45, 2.75) is 61.8 Å². The van der Waals surface area contributed by atoms with Gasteiger partial charge in [-0.25, -0.2) is 8.42 Å². The highest BCUT2D eigenvalue weighted by atomic mass is 32.2. The van der Waals surface area contributed by atoms with Crippen molar-refractivity contribution < 1.29 is 13.5 Å². The van der Waals surface area contributed by atoms with Crippen LogP contribution in [0.1, 0.15) is 44.9 Å². The molecule has 0 amide bonds. The van der Waals surface area contributed by atoms with Gasteiger partial charge in [0.15, 0.2) is 9.84 Å². The van der Waals surface area contributed by atoms with Crippen LogP contribution in [0.2, 0.25) is 0 Å². The highest BCUT2D eigenvalue weighted by molar-refractivity contribution is 7.91. The first-order chi connectivity index (χ1) is 7.91. The summed E-state index contributed by atoms with van der Waals surface area (Å²) in [7, 11) is -2.98. The number of sulfone groups is 1. The molecule has 0 aliphatic heterocycles. The number of aliphatic hydroxyl groups is 1. The van der Waals surface area contributed by atoms with Gasteiger partial charge in [-0.15, -0.1) is 0 Å². The Kier molecular flexibility index (Phi) is 3.80. The first kappa shape index (κ1) is 13.3. The molecule has 0 bridgehead atoms. The summed E-state index contributed by atoms with van der Waals surface area (Å²) >= 11 is 0. The van der Waals surface area contributed by atoms with Crippen molar-refractivity contribution >= 4 is 9.84 Å². The van der Waals surface area contributed by atoms with E-state index in [0.29, 0.717) is 6.54 Å². The number of hydrogen-bond donors (Lipinski definition) is 2. The lowest BCUT2D eigenvalue weighted by molar-refractivity contribution is -0.0338. The van der Waals surface area contributed by atoms with E-state index in [9.17, 15) is 13.5 Å². The summed E-state index contributed by atoms with van der Waals surface area (Å²) in [6.07, 6.45) is 7.85. The molecule has 0 aromatic heterocycles. The molecule has 2 saturated carbocycles. The molecule has 0 saturated heterocycles. The van der Waals surface area contributed by atoms with Gasteiger partial charge < -0.3 is 10.4 Å². The van der Waals surface area contributed by atoms with E-state index in [4.69, 9.17) is 0 Å². The molecular formula is C12H23NO3S. The highest BCUT2D eigenvalue weighted by Crippen LogP contribution is 2.31. The zero-order valence-electron chi connectivity index (χ0n) is 10.5. The summed E-state index contributed by atoms with van der Waals surface area (Å²) in [5.74, 6) is 0. The lowest BCUT2D eigenvalue weighted by atomic mass is 9.80. The van der Waals surface area contributed by atoms with Gasteiger partial charge >= 0.3 is 0 Å². The quantitative estimate of drug-likeness (QED) is 0.787. The maximum absolute atomic E-state index is 11.7. The molecule has 4 nitrogen and oxygen atoms in total. The van der Waals surface area contributed by atoms with Crippen LogP contribution in [0.3, 0.4) is 0 Å². The van der Waals surface area contributed by atoms with Gasteiger partial charge in [-0.1, -0.05) is 12.8 Å². The van der Waals surface area contributed by atoms with Crippen molar-refractivity contribution in [2.75, 3.05) is 12.8 Å². The molecule has 2 fully saturated rings. The molecule has 5 heteroatoms. The Hall–Kier alpha value is -0.130. The number of nitrogens with one attached hydrogen (secondary N) is 1.